The summed E-state index contributed by atoms with van der Waals surface area (Å²) >= 11 is 0. The van der Waals surface area contributed by atoms with Gasteiger partial charge in [-0.2, -0.15) is 0 Å². The largest absolute Gasteiger partial charge is 0.497 e. The van der Waals surface area contributed by atoms with Gasteiger partial charge in [0.25, 0.3) is 5.91 Å². The molecule has 2 amide bonds. The Hall–Kier alpha value is -3.55. The van der Waals surface area contributed by atoms with E-state index in [0.717, 1.165) is 0 Å². The minimum Gasteiger partial charge on any atom is -0.497 e. The maximum atomic E-state index is 12.1. The van der Waals surface area contributed by atoms with E-state index in [1.807, 2.05) is 0 Å². The van der Waals surface area contributed by atoms with Crippen LogP contribution in [0.4, 0.5) is 5.69 Å². The Labute approximate surface area is 169 Å². The van der Waals surface area contributed by atoms with E-state index < -0.39 is 18.5 Å². The van der Waals surface area contributed by atoms with Gasteiger partial charge < -0.3 is 24.4 Å². The standard InChI is InChI=1S/C21H24N2O6/c1-23(13-19(24)22-16-8-6-9-17(12-16)27-2)20(25)14-29-21(26)11-15-7-4-5-10-18(15)28-3/h4-10,12H,11,13-14H2,1-3H3,(H,22,24). The van der Waals surface area contributed by atoms with Gasteiger partial charge >= 0.3 is 5.97 Å². The predicted molar refractivity (Wildman–Crippen MR) is 107 cm³/mol. The van der Waals surface area contributed by atoms with Crippen LogP contribution in [0.1, 0.15) is 5.56 Å². The molecular weight excluding hydrogens is 376 g/mol. The molecule has 0 spiro atoms. The molecule has 1 N–H and O–H groups in total. The fourth-order valence-corrected chi connectivity index (χ4v) is 2.51. The number of para-hydroxylation sites is 1. The minimum atomic E-state index is -0.558. The molecule has 0 unspecified atom stereocenters. The number of amides is 2. The van der Waals surface area contributed by atoms with Crippen molar-refractivity contribution in [1.29, 1.82) is 0 Å². The fourth-order valence-electron chi connectivity index (χ4n) is 2.51. The van der Waals surface area contributed by atoms with Gasteiger partial charge in [-0.05, 0) is 18.2 Å². The molecule has 0 bridgehead atoms. The summed E-state index contributed by atoms with van der Waals surface area (Å²) in [6.07, 6.45) is -0.0165. The summed E-state index contributed by atoms with van der Waals surface area (Å²) in [6, 6.07) is 13.9. The third-order valence-electron chi connectivity index (χ3n) is 4.04. The average Bonchev–Trinajstić information content (AvgIpc) is 2.72. The first-order valence-electron chi connectivity index (χ1n) is 8.88. The smallest absolute Gasteiger partial charge is 0.310 e. The molecule has 0 aliphatic carbocycles. The van der Waals surface area contributed by atoms with Crippen LogP contribution >= 0.6 is 0 Å². The first-order valence-corrected chi connectivity index (χ1v) is 8.88. The van der Waals surface area contributed by atoms with E-state index in [-0.39, 0.29) is 18.9 Å². The maximum Gasteiger partial charge on any atom is 0.310 e. The van der Waals surface area contributed by atoms with Crippen LogP contribution in [0.3, 0.4) is 0 Å². The molecule has 8 nitrogen and oxygen atoms in total. The van der Waals surface area contributed by atoms with Crippen LogP contribution in [-0.4, -0.2) is 57.1 Å². The monoisotopic (exact) mass is 400 g/mol. The van der Waals surface area contributed by atoms with E-state index in [1.165, 1.54) is 26.2 Å². The summed E-state index contributed by atoms with van der Waals surface area (Å²) in [5, 5.41) is 2.68. The van der Waals surface area contributed by atoms with Crippen molar-refractivity contribution in [1.82, 2.24) is 4.90 Å². The minimum absolute atomic E-state index is 0.0165. The number of ether oxygens (including phenoxy) is 3. The summed E-state index contributed by atoms with van der Waals surface area (Å²) in [7, 11) is 4.50. The van der Waals surface area contributed by atoms with Crippen molar-refractivity contribution in [3.63, 3.8) is 0 Å². The lowest BCUT2D eigenvalue weighted by Crippen LogP contribution is -2.37. The summed E-state index contributed by atoms with van der Waals surface area (Å²) in [5.41, 5.74) is 1.22. The Kier molecular flexibility index (Phi) is 8.02. The van der Waals surface area contributed by atoms with E-state index in [9.17, 15) is 14.4 Å². The van der Waals surface area contributed by atoms with Crippen molar-refractivity contribution in [2.75, 3.05) is 39.7 Å². The highest BCUT2D eigenvalue weighted by Crippen LogP contribution is 2.18. The van der Waals surface area contributed by atoms with E-state index in [4.69, 9.17) is 14.2 Å². The van der Waals surface area contributed by atoms with Gasteiger partial charge in [0.1, 0.15) is 11.5 Å². The highest BCUT2D eigenvalue weighted by molar-refractivity contribution is 5.95. The molecule has 8 heteroatoms. The van der Waals surface area contributed by atoms with Gasteiger partial charge in [0, 0.05) is 24.4 Å². The number of benzene rings is 2. The summed E-state index contributed by atoms with van der Waals surface area (Å²) in [6.45, 7) is -0.628. The molecule has 2 aromatic rings. The molecule has 0 saturated carbocycles. The van der Waals surface area contributed by atoms with Gasteiger partial charge in [-0.3, -0.25) is 14.4 Å². The lowest BCUT2D eigenvalue weighted by Gasteiger charge is -2.17. The third kappa shape index (κ3) is 6.84. The number of nitrogens with zero attached hydrogens (tertiary/aromatic N) is 1. The lowest BCUT2D eigenvalue weighted by atomic mass is 10.1. The molecule has 0 saturated heterocycles. The molecule has 0 atom stereocenters. The Morgan fingerprint density at radius 2 is 1.76 bits per heavy atom. The van der Waals surface area contributed by atoms with Crippen molar-refractivity contribution >= 4 is 23.5 Å². The first-order chi connectivity index (χ1) is 13.9. The Morgan fingerprint density at radius 3 is 2.48 bits per heavy atom. The Balaban J connectivity index is 1.79. The average molecular weight is 400 g/mol. The normalized spacial score (nSPS) is 10.0. The number of esters is 1. The first kappa shape index (κ1) is 21.7. The van der Waals surface area contributed by atoms with Crippen LogP contribution in [0.15, 0.2) is 48.5 Å². The Morgan fingerprint density at radius 1 is 1.00 bits per heavy atom. The van der Waals surface area contributed by atoms with Crippen LogP contribution in [0.25, 0.3) is 0 Å². The SMILES string of the molecule is COc1cccc(NC(=O)CN(C)C(=O)COC(=O)Cc2ccccc2OC)c1. The highest BCUT2D eigenvalue weighted by Gasteiger charge is 2.16. The number of nitrogens with one attached hydrogen (secondary N) is 1. The molecular formula is C21H24N2O6. The number of anilines is 1. The second kappa shape index (κ2) is 10.7. The van der Waals surface area contributed by atoms with Crippen LogP contribution in [0.5, 0.6) is 11.5 Å². The number of hydrogen-bond acceptors (Lipinski definition) is 6. The van der Waals surface area contributed by atoms with Crippen molar-refractivity contribution in [2.24, 2.45) is 0 Å². The molecule has 0 aliphatic rings. The second-order valence-electron chi connectivity index (χ2n) is 6.18. The highest BCUT2D eigenvalue weighted by atomic mass is 16.5. The molecule has 154 valence electrons. The molecule has 29 heavy (non-hydrogen) atoms. The predicted octanol–water partition coefficient (Wildman–Crippen LogP) is 1.89. The van der Waals surface area contributed by atoms with E-state index in [2.05, 4.69) is 5.32 Å². The number of carbonyl (C=O) groups excluding carboxylic acids is 3. The number of likely N-dealkylation sites (N-methyl/N-ethyl adjacent to an activating group) is 1. The number of carbonyl (C=O) groups is 3. The number of hydrogen-bond donors (Lipinski definition) is 1. The van der Waals surface area contributed by atoms with E-state index >= 15 is 0 Å². The number of rotatable bonds is 9. The molecule has 2 rings (SSSR count). The van der Waals surface area contributed by atoms with Gasteiger partial charge in [-0.1, -0.05) is 24.3 Å². The van der Waals surface area contributed by atoms with Gasteiger partial charge in [-0.25, -0.2) is 0 Å². The van der Waals surface area contributed by atoms with Crippen LogP contribution in [0, 0.1) is 0 Å². The van der Waals surface area contributed by atoms with Crippen molar-refractivity contribution in [2.45, 2.75) is 6.42 Å². The quantitative estimate of drug-likeness (QED) is 0.646. The van der Waals surface area contributed by atoms with Gasteiger partial charge in [0.2, 0.25) is 5.91 Å². The van der Waals surface area contributed by atoms with Crippen LogP contribution in [-0.2, 0) is 25.5 Å². The Bertz CT molecular complexity index is 868. The molecule has 0 aromatic heterocycles. The molecule has 0 heterocycles. The summed E-state index contributed by atoms with van der Waals surface area (Å²) in [5.74, 6) is -0.248. The van der Waals surface area contributed by atoms with Gasteiger partial charge in [-0.15, -0.1) is 0 Å². The van der Waals surface area contributed by atoms with Crippen molar-refractivity contribution < 1.29 is 28.6 Å². The molecule has 2 aromatic carbocycles. The third-order valence-corrected chi connectivity index (χ3v) is 4.04. The van der Waals surface area contributed by atoms with Crippen LogP contribution < -0.4 is 14.8 Å². The topological polar surface area (TPSA) is 94.2 Å². The number of methoxy groups -OCH3 is 2. The zero-order valence-corrected chi connectivity index (χ0v) is 16.6. The van der Waals surface area contributed by atoms with Crippen molar-refractivity contribution in [3.8, 4) is 11.5 Å². The summed E-state index contributed by atoms with van der Waals surface area (Å²) in [4.78, 5) is 37.4. The maximum absolute atomic E-state index is 12.1. The van der Waals surface area contributed by atoms with Gasteiger partial charge in [0.15, 0.2) is 6.61 Å². The van der Waals surface area contributed by atoms with Crippen molar-refractivity contribution in [3.05, 3.63) is 54.1 Å². The van der Waals surface area contributed by atoms with E-state index in [0.29, 0.717) is 22.7 Å². The molecule has 0 radical (unpaired) electrons. The molecule has 0 fully saturated rings. The lowest BCUT2D eigenvalue weighted by molar-refractivity contribution is -0.151. The fraction of sp³-hybridized carbons (Fsp3) is 0.286. The van der Waals surface area contributed by atoms with Gasteiger partial charge in [0.05, 0.1) is 27.2 Å². The summed E-state index contributed by atoms with van der Waals surface area (Å²) < 4.78 is 15.3. The zero-order valence-electron chi connectivity index (χ0n) is 16.6. The second-order valence-corrected chi connectivity index (χ2v) is 6.18. The molecule has 0 aliphatic heterocycles. The van der Waals surface area contributed by atoms with Crippen LogP contribution in [0.2, 0.25) is 0 Å². The van der Waals surface area contributed by atoms with E-state index in [1.54, 1.807) is 48.5 Å². The zero-order chi connectivity index (χ0) is 21.2.